The van der Waals surface area contributed by atoms with Gasteiger partial charge in [0, 0.05) is 19.5 Å². The third-order valence-corrected chi connectivity index (χ3v) is 1.93. The van der Waals surface area contributed by atoms with E-state index < -0.39 is 0 Å². The van der Waals surface area contributed by atoms with Crippen molar-refractivity contribution < 1.29 is 14.3 Å². The van der Waals surface area contributed by atoms with Gasteiger partial charge in [-0.1, -0.05) is 6.08 Å². The minimum absolute atomic E-state index is 0.0366. The van der Waals surface area contributed by atoms with Crippen molar-refractivity contribution in [3.63, 3.8) is 0 Å². The fourth-order valence-electron chi connectivity index (χ4n) is 1.16. The molecule has 0 radical (unpaired) electrons. The van der Waals surface area contributed by atoms with Gasteiger partial charge in [-0.3, -0.25) is 9.59 Å². The molecule has 0 aromatic carbocycles. The van der Waals surface area contributed by atoms with Gasteiger partial charge in [0.1, 0.15) is 0 Å². The molecule has 0 heterocycles. The van der Waals surface area contributed by atoms with Crippen LogP contribution in [-0.4, -0.2) is 36.5 Å². The van der Waals surface area contributed by atoms with Gasteiger partial charge in [-0.15, -0.1) is 6.58 Å². The summed E-state index contributed by atoms with van der Waals surface area (Å²) in [5, 5.41) is 0. The summed E-state index contributed by atoms with van der Waals surface area (Å²) in [6, 6.07) is 0. The van der Waals surface area contributed by atoms with Gasteiger partial charge in [0.2, 0.25) is 5.91 Å². The van der Waals surface area contributed by atoms with Gasteiger partial charge in [-0.2, -0.15) is 0 Å². The highest BCUT2D eigenvalue weighted by Crippen LogP contribution is 1.99. The lowest BCUT2D eigenvalue weighted by molar-refractivity contribution is -0.145. The van der Waals surface area contributed by atoms with E-state index in [1.54, 1.807) is 17.9 Å². The summed E-state index contributed by atoms with van der Waals surface area (Å²) in [7, 11) is 0. The molecule has 0 unspecified atom stereocenters. The molecule has 0 saturated heterocycles. The van der Waals surface area contributed by atoms with Crippen LogP contribution in [0.25, 0.3) is 0 Å². The Morgan fingerprint density at radius 2 is 2.00 bits per heavy atom. The van der Waals surface area contributed by atoms with Gasteiger partial charge in [0.15, 0.2) is 0 Å². The van der Waals surface area contributed by atoms with Crippen molar-refractivity contribution >= 4 is 11.9 Å². The van der Waals surface area contributed by atoms with E-state index in [0.29, 0.717) is 19.7 Å². The first-order valence-corrected chi connectivity index (χ1v) is 5.19. The molecule has 0 aromatic heterocycles. The predicted octanol–water partition coefficient (Wildman–Crippen LogP) is 1.36. The number of hydrogen-bond acceptors (Lipinski definition) is 3. The van der Waals surface area contributed by atoms with Crippen molar-refractivity contribution in [3.8, 4) is 0 Å². The SMILES string of the molecule is C=CCN(CC)C(=O)CCC(=O)OCC. The Hall–Kier alpha value is -1.32. The summed E-state index contributed by atoms with van der Waals surface area (Å²) >= 11 is 0. The average molecular weight is 213 g/mol. The van der Waals surface area contributed by atoms with Crippen molar-refractivity contribution in [2.24, 2.45) is 0 Å². The van der Waals surface area contributed by atoms with Crippen LogP contribution in [0, 0.1) is 0 Å². The maximum Gasteiger partial charge on any atom is 0.306 e. The molecule has 0 aliphatic rings. The molecule has 0 N–H and O–H groups in total. The number of likely N-dealkylation sites (N-methyl/N-ethyl adjacent to an activating group) is 1. The Morgan fingerprint density at radius 3 is 2.47 bits per heavy atom. The van der Waals surface area contributed by atoms with E-state index in [4.69, 9.17) is 4.74 Å². The molecular weight excluding hydrogens is 194 g/mol. The minimum Gasteiger partial charge on any atom is -0.466 e. The van der Waals surface area contributed by atoms with E-state index in [9.17, 15) is 9.59 Å². The Kier molecular flexibility index (Phi) is 7.32. The van der Waals surface area contributed by atoms with Crippen LogP contribution in [0.5, 0.6) is 0 Å². The third kappa shape index (κ3) is 5.88. The van der Waals surface area contributed by atoms with Crippen LogP contribution < -0.4 is 0 Å². The minimum atomic E-state index is -0.319. The summed E-state index contributed by atoms with van der Waals surface area (Å²) in [4.78, 5) is 24.2. The highest BCUT2D eigenvalue weighted by Gasteiger charge is 2.12. The van der Waals surface area contributed by atoms with E-state index >= 15 is 0 Å². The van der Waals surface area contributed by atoms with Crippen LogP contribution in [0.4, 0.5) is 0 Å². The molecule has 1 amide bonds. The second-order valence-electron chi connectivity index (χ2n) is 3.03. The van der Waals surface area contributed by atoms with Crippen molar-refractivity contribution in [2.45, 2.75) is 26.7 Å². The second-order valence-corrected chi connectivity index (χ2v) is 3.03. The first-order valence-electron chi connectivity index (χ1n) is 5.19. The topological polar surface area (TPSA) is 46.6 Å². The van der Waals surface area contributed by atoms with E-state index in [-0.39, 0.29) is 24.7 Å². The number of nitrogens with zero attached hydrogens (tertiary/aromatic N) is 1. The summed E-state index contributed by atoms with van der Waals surface area (Å²) in [6.07, 6.45) is 2.03. The van der Waals surface area contributed by atoms with Crippen LogP contribution in [0.3, 0.4) is 0 Å². The number of ether oxygens (including phenoxy) is 1. The summed E-state index contributed by atoms with van der Waals surface area (Å²) in [5.41, 5.74) is 0. The zero-order valence-corrected chi connectivity index (χ0v) is 9.49. The average Bonchev–Trinajstić information content (AvgIpc) is 2.23. The highest BCUT2D eigenvalue weighted by atomic mass is 16.5. The van der Waals surface area contributed by atoms with E-state index in [0.717, 1.165) is 0 Å². The molecule has 0 bridgehead atoms. The largest absolute Gasteiger partial charge is 0.466 e. The van der Waals surface area contributed by atoms with E-state index in [2.05, 4.69) is 6.58 Å². The summed E-state index contributed by atoms with van der Waals surface area (Å²) in [6.45, 7) is 8.73. The Bertz CT molecular complexity index is 226. The summed E-state index contributed by atoms with van der Waals surface area (Å²) < 4.78 is 4.74. The maximum absolute atomic E-state index is 11.5. The third-order valence-electron chi connectivity index (χ3n) is 1.93. The molecule has 86 valence electrons. The Balaban J connectivity index is 3.89. The smallest absolute Gasteiger partial charge is 0.306 e. The molecule has 0 spiro atoms. The fourth-order valence-corrected chi connectivity index (χ4v) is 1.16. The van der Waals surface area contributed by atoms with Crippen LogP contribution in [-0.2, 0) is 14.3 Å². The van der Waals surface area contributed by atoms with E-state index in [1.807, 2.05) is 6.92 Å². The standard InChI is InChI=1S/C11H19NO3/c1-4-9-12(5-2)10(13)7-8-11(14)15-6-3/h4H,1,5-9H2,2-3H3. The Labute approximate surface area is 90.9 Å². The number of esters is 1. The molecular formula is C11H19NO3. The van der Waals surface area contributed by atoms with Crippen LogP contribution >= 0.6 is 0 Å². The molecule has 0 aromatic rings. The van der Waals surface area contributed by atoms with Gasteiger partial charge in [-0.25, -0.2) is 0 Å². The van der Waals surface area contributed by atoms with Gasteiger partial charge >= 0.3 is 5.97 Å². The second kappa shape index (κ2) is 8.03. The molecule has 4 nitrogen and oxygen atoms in total. The summed E-state index contributed by atoms with van der Waals surface area (Å²) in [5.74, 6) is -0.356. The van der Waals surface area contributed by atoms with Gasteiger partial charge in [0.05, 0.1) is 13.0 Å². The molecule has 0 rings (SSSR count). The predicted molar refractivity (Wildman–Crippen MR) is 58.3 cm³/mol. The molecule has 0 fully saturated rings. The quantitative estimate of drug-likeness (QED) is 0.474. The lowest BCUT2D eigenvalue weighted by Gasteiger charge is -2.18. The van der Waals surface area contributed by atoms with Crippen LogP contribution in [0.2, 0.25) is 0 Å². The fraction of sp³-hybridized carbons (Fsp3) is 0.636. The number of rotatable bonds is 7. The number of carbonyl (C=O) groups is 2. The molecule has 0 atom stereocenters. The lowest BCUT2D eigenvalue weighted by Crippen LogP contribution is -2.31. The van der Waals surface area contributed by atoms with E-state index in [1.165, 1.54) is 0 Å². The molecule has 0 saturated carbocycles. The van der Waals surface area contributed by atoms with Gasteiger partial charge in [0.25, 0.3) is 0 Å². The maximum atomic E-state index is 11.5. The van der Waals surface area contributed by atoms with Gasteiger partial charge < -0.3 is 9.64 Å². The van der Waals surface area contributed by atoms with Crippen molar-refractivity contribution in [1.82, 2.24) is 4.90 Å². The van der Waals surface area contributed by atoms with Crippen molar-refractivity contribution in [3.05, 3.63) is 12.7 Å². The zero-order valence-electron chi connectivity index (χ0n) is 9.49. The van der Waals surface area contributed by atoms with Crippen molar-refractivity contribution in [1.29, 1.82) is 0 Å². The molecule has 4 heteroatoms. The van der Waals surface area contributed by atoms with Gasteiger partial charge in [-0.05, 0) is 13.8 Å². The number of carbonyl (C=O) groups excluding carboxylic acids is 2. The van der Waals surface area contributed by atoms with Crippen molar-refractivity contribution in [2.75, 3.05) is 19.7 Å². The first-order chi connectivity index (χ1) is 7.15. The molecule has 0 aliphatic heterocycles. The molecule has 0 aliphatic carbocycles. The van der Waals surface area contributed by atoms with Crippen LogP contribution in [0.15, 0.2) is 12.7 Å². The Morgan fingerprint density at radius 1 is 1.33 bits per heavy atom. The monoisotopic (exact) mass is 213 g/mol. The van der Waals surface area contributed by atoms with Crippen LogP contribution in [0.1, 0.15) is 26.7 Å². The normalized spacial score (nSPS) is 9.47. The first kappa shape index (κ1) is 13.7. The number of amides is 1. The highest BCUT2D eigenvalue weighted by molar-refractivity contribution is 5.81. The lowest BCUT2D eigenvalue weighted by atomic mass is 10.2. The number of hydrogen-bond donors (Lipinski definition) is 0. The zero-order chi connectivity index (χ0) is 11.7. The molecule has 15 heavy (non-hydrogen) atoms.